The van der Waals surface area contributed by atoms with Crippen molar-refractivity contribution in [3.63, 3.8) is 0 Å². The summed E-state index contributed by atoms with van der Waals surface area (Å²) in [5.74, 6) is 1.12. The Bertz CT molecular complexity index is 467. The van der Waals surface area contributed by atoms with Gasteiger partial charge < -0.3 is 10.6 Å². The van der Waals surface area contributed by atoms with Gasteiger partial charge in [-0.2, -0.15) is 11.8 Å². The summed E-state index contributed by atoms with van der Waals surface area (Å²) >= 11 is 4.90. The average molecular weight is 350 g/mol. The van der Waals surface area contributed by atoms with Crippen LogP contribution in [0.2, 0.25) is 0 Å². The summed E-state index contributed by atoms with van der Waals surface area (Å²) in [5, 5.41) is 0. The van der Waals surface area contributed by atoms with E-state index in [1.807, 2.05) is 16.7 Å². The predicted molar refractivity (Wildman–Crippen MR) is 78.3 cm³/mol. The normalized spacial score (nSPS) is 16.8. The summed E-state index contributed by atoms with van der Waals surface area (Å²) in [6, 6.07) is 2.45. The second-order valence-electron chi connectivity index (χ2n) is 4.12. The summed E-state index contributed by atoms with van der Waals surface area (Å²) in [6.45, 7) is 1.57. The van der Waals surface area contributed by atoms with E-state index in [2.05, 4.69) is 20.9 Å². The molecule has 104 valence electrons. The van der Waals surface area contributed by atoms with E-state index >= 15 is 0 Å². The third kappa shape index (κ3) is 3.82. The first kappa shape index (κ1) is 14.6. The van der Waals surface area contributed by atoms with Gasteiger partial charge in [-0.05, 0) is 12.1 Å². The van der Waals surface area contributed by atoms with Crippen molar-refractivity contribution in [1.29, 1.82) is 0 Å². The van der Waals surface area contributed by atoms with Crippen molar-refractivity contribution in [2.45, 2.75) is 6.54 Å². The summed E-state index contributed by atoms with van der Waals surface area (Å²) in [6.07, 6.45) is 0. The molecule has 0 aromatic heterocycles. The molecule has 2 N–H and O–H groups in total. The maximum absolute atomic E-state index is 13.6. The van der Waals surface area contributed by atoms with Crippen molar-refractivity contribution >= 4 is 33.7 Å². The average Bonchev–Trinajstić information content (AvgIpc) is 2.38. The molecule has 0 spiro atoms. The maximum atomic E-state index is 13.6. The van der Waals surface area contributed by atoms with Gasteiger partial charge in [0.05, 0.1) is 6.54 Å². The number of benzene rings is 1. The summed E-state index contributed by atoms with van der Waals surface area (Å²) < 4.78 is 27.6. The first-order valence-corrected chi connectivity index (χ1v) is 7.78. The molecule has 1 aromatic rings. The van der Waals surface area contributed by atoms with E-state index in [0.29, 0.717) is 10.4 Å². The third-order valence-electron chi connectivity index (χ3n) is 2.84. The fourth-order valence-corrected chi connectivity index (χ4v) is 3.08. The van der Waals surface area contributed by atoms with E-state index in [9.17, 15) is 8.78 Å². The molecule has 0 saturated carbocycles. The standard InChI is InChI=1S/C12H14BrF2N3S/c13-8-5-10(14)9(11(15)6-8)7-17-12(16)18-1-3-19-4-2-18/h5-6H,1-4,7H2,(H2,16,17). The molecule has 0 bridgehead atoms. The van der Waals surface area contributed by atoms with Crippen LogP contribution >= 0.6 is 27.7 Å². The Balaban J connectivity index is 2.08. The van der Waals surface area contributed by atoms with Crippen LogP contribution in [0.25, 0.3) is 0 Å². The summed E-state index contributed by atoms with van der Waals surface area (Å²) in [7, 11) is 0. The van der Waals surface area contributed by atoms with E-state index in [0.717, 1.165) is 24.6 Å². The molecule has 1 aliphatic heterocycles. The van der Waals surface area contributed by atoms with Crippen LogP contribution < -0.4 is 5.73 Å². The molecule has 19 heavy (non-hydrogen) atoms. The molecular weight excluding hydrogens is 336 g/mol. The Morgan fingerprint density at radius 3 is 2.47 bits per heavy atom. The van der Waals surface area contributed by atoms with Crippen LogP contribution in [0.1, 0.15) is 5.56 Å². The molecule has 1 heterocycles. The van der Waals surface area contributed by atoms with Gasteiger partial charge in [0.15, 0.2) is 5.96 Å². The molecule has 1 aliphatic rings. The first-order valence-electron chi connectivity index (χ1n) is 5.84. The Kier molecular flexibility index (Phi) is 5.04. The quantitative estimate of drug-likeness (QED) is 0.659. The third-order valence-corrected chi connectivity index (χ3v) is 4.24. The molecule has 0 unspecified atom stereocenters. The summed E-state index contributed by atoms with van der Waals surface area (Å²) in [4.78, 5) is 6.02. The second kappa shape index (κ2) is 6.56. The van der Waals surface area contributed by atoms with Crippen molar-refractivity contribution < 1.29 is 8.78 Å². The van der Waals surface area contributed by atoms with Crippen LogP contribution in [-0.4, -0.2) is 35.5 Å². The highest BCUT2D eigenvalue weighted by Gasteiger charge is 2.14. The number of aliphatic imine (C=N–C) groups is 1. The Hall–Kier alpha value is -0.820. The molecule has 1 aromatic carbocycles. The van der Waals surface area contributed by atoms with Crippen LogP contribution in [0, 0.1) is 11.6 Å². The number of thioether (sulfide) groups is 1. The van der Waals surface area contributed by atoms with Gasteiger partial charge in [0.25, 0.3) is 0 Å². The molecule has 0 aliphatic carbocycles. The number of nitrogens with two attached hydrogens (primary N) is 1. The van der Waals surface area contributed by atoms with E-state index in [1.54, 1.807) is 0 Å². The highest BCUT2D eigenvalue weighted by atomic mass is 79.9. The van der Waals surface area contributed by atoms with Crippen molar-refractivity contribution in [1.82, 2.24) is 4.90 Å². The molecule has 7 heteroatoms. The molecule has 3 nitrogen and oxygen atoms in total. The van der Waals surface area contributed by atoms with Gasteiger partial charge in [-0.3, -0.25) is 0 Å². The van der Waals surface area contributed by atoms with Gasteiger partial charge in [-0.1, -0.05) is 15.9 Å². The lowest BCUT2D eigenvalue weighted by Gasteiger charge is -2.27. The zero-order valence-electron chi connectivity index (χ0n) is 10.2. The Morgan fingerprint density at radius 1 is 1.32 bits per heavy atom. The molecule has 0 atom stereocenters. The number of guanidine groups is 1. The highest BCUT2D eigenvalue weighted by Crippen LogP contribution is 2.20. The largest absolute Gasteiger partial charge is 0.370 e. The van der Waals surface area contributed by atoms with Crippen LogP contribution in [0.4, 0.5) is 8.78 Å². The van der Waals surface area contributed by atoms with Gasteiger partial charge in [0, 0.05) is 34.6 Å². The van der Waals surface area contributed by atoms with E-state index < -0.39 is 11.6 Å². The minimum atomic E-state index is -0.613. The molecular formula is C12H14BrF2N3S. The maximum Gasteiger partial charge on any atom is 0.191 e. The monoisotopic (exact) mass is 349 g/mol. The second-order valence-corrected chi connectivity index (χ2v) is 6.26. The van der Waals surface area contributed by atoms with Gasteiger partial charge in [0.1, 0.15) is 11.6 Å². The van der Waals surface area contributed by atoms with Gasteiger partial charge in [-0.15, -0.1) is 0 Å². The predicted octanol–water partition coefficient (Wildman–Crippen LogP) is 2.59. The number of hydrogen-bond donors (Lipinski definition) is 1. The first-order chi connectivity index (χ1) is 9.08. The molecule has 2 rings (SSSR count). The van der Waals surface area contributed by atoms with Crippen molar-refractivity contribution in [2.24, 2.45) is 10.7 Å². The zero-order valence-corrected chi connectivity index (χ0v) is 12.6. The van der Waals surface area contributed by atoms with E-state index in [1.165, 1.54) is 12.1 Å². The Labute approximate surface area is 123 Å². The van der Waals surface area contributed by atoms with Crippen LogP contribution in [0.3, 0.4) is 0 Å². The molecule has 1 saturated heterocycles. The van der Waals surface area contributed by atoms with Crippen molar-refractivity contribution in [2.75, 3.05) is 24.6 Å². The lowest BCUT2D eigenvalue weighted by atomic mass is 10.2. The van der Waals surface area contributed by atoms with Crippen molar-refractivity contribution in [3.8, 4) is 0 Å². The van der Waals surface area contributed by atoms with E-state index in [-0.39, 0.29) is 12.1 Å². The lowest BCUT2D eigenvalue weighted by Crippen LogP contribution is -2.42. The minimum absolute atomic E-state index is 0.0578. The minimum Gasteiger partial charge on any atom is -0.370 e. The molecule has 1 fully saturated rings. The van der Waals surface area contributed by atoms with Gasteiger partial charge in [0.2, 0.25) is 0 Å². The van der Waals surface area contributed by atoms with Crippen LogP contribution in [0.5, 0.6) is 0 Å². The topological polar surface area (TPSA) is 41.6 Å². The Morgan fingerprint density at radius 2 is 1.89 bits per heavy atom. The number of halogens is 3. The van der Waals surface area contributed by atoms with Gasteiger partial charge >= 0.3 is 0 Å². The highest BCUT2D eigenvalue weighted by molar-refractivity contribution is 9.10. The summed E-state index contributed by atoms with van der Waals surface area (Å²) in [5.41, 5.74) is 5.78. The molecule has 0 radical (unpaired) electrons. The molecule has 0 amide bonds. The van der Waals surface area contributed by atoms with Crippen LogP contribution in [-0.2, 0) is 6.54 Å². The number of hydrogen-bond acceptors (Lipinski definition) is 2. The zero-order chi connectivity index (χ0) is 13.8. The fourth-order valence-electron chi connectivity index (χ4n) is 1.78. The van der Waals surface area contributed by atoms with Gasteiger partial charge in [-0.25, -0.2) is 13.8 Å². The van der Waals surface area contributed by atoms with Crippen molar-refractivity contribution in [3.05, 3.63) is 33.8 Å². The number of nitrogens with zero attached hydrogens (tertiary/aromatic N) is 2. The SMILES string of the molecule is NC(=NCc1c(F)cc(Br)cc1F)N1CCSCC1. The number of rotatable bonds is 2. The van der Waals surface area contributed by atoms with Crippen LogP contribution in [0.15, 0.2) is 21.6 Å². The lowest BCUT2D eigenvalue weighted by molar-refractivity contribution is 0.455. The fraction of sp³-hybridized carbons (Fsp3) is 0.417. The van der Waals surface area contributed by atoms with E-state index in [4.69, 9.17) is 5.73 Å². The smallest absolute Gasteiger partial charge is 0.191 e.